The van der Waals surface area contributed by atoms with Gasteiger partial charge in [0, 0.05) is 42.0 Å². The Morgan fingerprint density at radius 1 is 1.45 bits per heavy atom. The molecule has 0 amide bonds. The van der Waals surface area contributed by atoms with Crippen LogP contribution in [0.3, 0.4) is 0 Å². The molecule has 112 valence electrons. The van der Waals surface area contributed by atoms with Crippen molar-refractivity contribution < 1.29 is 4.74 Å². The van der Waals surface area contributed by atoms with E-state index < -0.39 is 0 Å². The second kappa shape index (κ2) is 6.56. The minimum atomic E-state index is 0.429. The summed E-state index contributed by atoms with van der Waals surface area (Å²) in [5.74, 6) is 0. The van der Waals surface area contributed by atoms with E-state index in [0.717, 1.165) is 45.2 Å². The smallest absolute Gasteiger partial charge is 0.0700 e. The Bertz CT molecular complexity index is 442. The highest BCUT2D eigenvalue weighted by atomic mass is 32.1. The second-order valence-electron chi connectivity index (χ2n) is 6.09. The molecule has 1 aliphatic heterocycles. The fraction of sp³-hybridized carbons (Fsp3) is 0.750. The number of nitrogens with one attached hydrogen (secondary N) is 1. The van der Waals surface area contributed by atoms with Crippen molar-refractivity contribution in [2.24, 2.45) is 0 Å². The maximum Gasteiger partial charge on any atom is 0.0700 e. The highest BCUT2D eigenvalue weighted by Crippen LogP contribution is 2.25. The molecule has 3 nitrogen and oxygen atoms in total. The molecule has 1 aromatic rings. The van der Waals surface area contributed by atoms with Crippen LogP contribution in [-0.4, -0.2) is 36.7 Å². The molecule has 1 aliphatic carbocycles. The van der Waals surface area contributed by atoms with Crippen molar-refractivity contribution in [1.82, 2.24) is 10.2 Å². The van der Waals surface area contributed by atoms with Crippen molar-refractivity contribution in [3.05, 3.63) is 21.4 Å². The Morgan fingerprint density at radius 3 is 3.05 bits per heavy atom. The zero-order chi connectivity index (χ0) is 13.9. The van der Waals surface area contributed by atoms with Gasteiger partial charge in [0.05, 0.1) is 12.7 Å². The van der Waals surface area contributed by atoms with Gasteiger partial charge in [0.1, 0.15) is 0 Å². The van der Waals surface area contributed by atoms with E-state index in [-0.39, 0.29) is 0 Å². The summed E-state index contributed by atoms with van der Waals surface area (Å²) in [5.41, 5.74) is 1.51. The summed E-state index contributed by atoms with van der Waals surface area (Å²) < 4.78 is 5.75. The molecule has 2 aliphatic rings. The molecule has 1 unspecified atom stereocenters. The van der Waals surface area contributed by atoms with Crippen LogP contribution in [0.15, 0.2) is 6.07 Å². The Kier molecular flexibility index (Phi) is 4.76. The Labute approximate surface area is 126 Å². The molecule has 1 saturated carbocycles. The first kappa shape index (κ1) is 14.5. The lowest BCUT2D eigenvalue weighted by Gasteiger charge is -2.32. The Hall–Kier alpha value is -0.420. The zero-order valence-corrected chi connectivity index (χ0v) is 13.5. The minimum Gasteiger partial charge on any atom is -0.376 e. The van der Waals surface area contributed by atoms with E-state index in [0.29, 0.717) is 6.10 Å². The number of ether oxygens (including phenoxy) is 1. The van der Waals surface area contributed by atoms with Crippen molar-refractivity contribution in [1.29, 1.82) is 0 Å². The van der Waals surface area contributed by atoms with Crippen molar-refractivity contribution >= 4 is 11.3 Å². The molecule has 1 saturated heterocycles. The molecule has 4 heteroatoms. The third-order valence-electron chi connectivity index (χ3n) is 4.29. The van der Waals surface area contributed by atoms with Crippen LogP contribution in [0.4, 0.5) is 0 Å². The van der Waals surface area contributed by atoms with Crippen LogP contribution in [0.2, 0.25) is 0 Å². The standard InChI is InChI=1S/C16H26N2OS/c1-3-15-11-18(6-7-19-15)10-13-8-16(20-12(13)2)9-17-14-4-5-14/h8,14-15,17H,3-7,9-11H2,1-2H3. The lowest BCUT2D eigenvalue weighted by molar-refractivity contribution is -0.0324. The fourth-order valence-corrected chi connectivity index (χ4v) is 3.78. The van der Waals surface area contributed by atoms with Crippen LogP contribution in [0.25, 0.3) is 0 Å². The van der Waals surface area contributed by atoms with E-state index in [1.54, 1.807) is 0 Å². The van der Waals surface area contributed by atoms with Gasteiger partial charge in [0.15, 0.2) is 0 Å². The van der Waals surface area contributed by atoms with Crippen LogP contribution in [-0.2, 0) is 17.8 Å². The van der Waals surface area contributed by atoms with Gasteiger partial charge < -0.3 is 10.1 Å². The number of thiophene rings is 1. The highest BCUT2D eigenvalue weighted by molar-refractivity contribution is 7.12. The molecular formula is C16H26N2OS. The van der Waals surface area contributed by atoms with Crippen LogP contribution >= 0.6 is 11.3 Å². The van der Waals surface area contributed by atoms with Crippen molar-refractivity contribution in [2.75, 3.05) is 19.7 Å². The number of aryl methyl sites for hydroxylation is 1. The Morgan fingerprint density at radius 2 is 2.30 bits per heavy atom. The number of hydrogen-bond acceptors (Lipinski definition) is 4. The molecule has 1 atom stereocenters. The molecule has 0 bridgehead atoms. The number of rotatable bonds is 6. The first-order valence-corrected chi connectivity index (χ1v) is 8.71. The summed E-state index contributed by atoms with van der Waals surface area (Å²) in [7, 11) is 0. The summed E-state index contributed by atoms with van der Waals surface area (Å²) in [5, 5.41) is 3.61. The average Bonchev–Trinajstić information content (AvgIpc) is 3.22. The minimum absolute atomic E-state index is 0.429. The van der Waals surface area contributed by atoms with Gasteiger partial charge in [-0.25, -0.2) is 0 Å². The molecule has 1 aromatic heterocycles. The number of hydrogen-bond donors (Lipinski definition) is 1. The topological polar surface area (TPSA) is 24.5 Å². The second-order valence-corrected chi connectivity index (χ2v) is 7.43. The van der Waals surface area contributed by atoms with E-state index in [1.165, 1.54) is 28.2 Å². The fourth-order valence-electron chi connectivity index (χ4n) is 2.78. The summed E-state index contributed by atoms with van der Waals surface area (Å²) in [6.45, 7) is 9.66. The molecule has 0 radical (unpaired) electrons. The quantitative estimate of drug-likeness (QED) is 0.873. The van der Waals surface area contributed by atoms with E-state index in [9.17, 15) is 0 Å². The van der Waals surface area contributed by atoms with E-state index in [2.05, 4.69) is 30.1 Å². The highest BCUT2D eigenvalue weighted by Gasteiger charge is 2.22. The van der Waals surface area contributed by atoms with Gasteiger partial charge in [-0.3, -0.25) is 4.90 Å². The predicted octanol–water partition coefficient (Wildman–Crippen LogP) is 2.92. The molecule has 0 aromatic carbocycles. The van der Waals surface area contributed by atoms with Crippen LogP contribution in [0.5, 0.6) is 0 Å². The van der Waals surface area contributed by atoms with E-state index >= 15 is 0 Å². The van der Waals surface area contributed by atoms with Gasteiger partial charge >= 0.3 is 0 Å². The van der Waals surface area contributed by atoms with Gasteiger partial charge in [-0.05, 0) is 37.8 Å². The van der Waals surface area contributed by atoms with E-state index in [1.807, 2.05) is 11.3 Å². The van der Waals surface area contributed by atoms with Gasteiger partial charge in [-0.15, -0.1) is 11.3 Å². The lowest BCUT2D eigenvalue weighted by atomic mass is 10.2. The molecule has 1 N–H and O–H groups in total. The average molecular weight is 294 g/mol. The first-order chi connectivity index (χ1) is 9.74. The van der Waals surface area contributed by atoms with Gasteiger partial charge in [0.25, 0.3) is 0 Å². The zero-order valence-electron chi connectivity index (χ0n) is 12.7. The third kappa shape index (κ3) is 3.82. The third-order valence-corrected chi connectivity index (χ3v) is 5.38. The summed E-state index contributed by atoms with van der Waals surface area (Å²) >= 11 is 1.96. The van der Waals surface area contributed by atoms with Crippen LogP contribution in [0.1, 0.15) is 41.5 Å². The van der Waals surface area contributed by atoms with Gasteiger partial charge in [-0.2, -0.15) is 0 Å². The van der Waals surface area contributed by atoms with Crippen molar-refractivity contribution in [2.45, 2.75) is 58.3 Å². The monoisotopic (exact) mass is 294 g/mol. The maximum atomic E-state index is 5.75. The number of nitrogens with zero attached hydrogens (tertiary/aromatic N) is 1. The molecule has 3 rings (SSSR count). The summed E-state index contributed by atoms with van der Waals surface area (Å²) in [6.07, 6.45) is 4.28. The SMILES string of the molecule is CCC1CN(Cc2cc(CNC3CC3)sc2C)CCO1. The number of morpholine rings is 1. The van der Waals surface area contributed by atoms with E-state index in [4.69, 9.17) is 4.74 Å². The van der Waals surface area contributed by atoms with Crippen molar-refractivity contribution in [3.8, 4) is 0 Å². The van der Waals surface area contributed by atoms with Gasteiger partial charge in [-0.1, -0.05) is 6.92 Å². The van der Waals surface area contributed by atoms with Gasteiger partial charge in [0.2, 0.25) is 0 Å². The van der Waals surface area contributed by atoms with Crippen molar-refractivity contribution in [3.63, 3.8) is 0 Å². The molecule has 20 heavy (non-hydrogen) atoms. The molecule has 2 heterocycles. The summed E-state index contributed by atoms with van der Waals surface area (Å²) in [4.78, 5) is 5.52. The Balaban J connectivity index is 1.55. The van der Waals surface area contributed by atoms with Crippen LogP contribution in [0, 0.1) is 6.92 Å². The predicted molar refractivity (Wildman–Crippen MR) is 84.2 cm³/mol. The lowest BCUT2D eigenvalue weighted by Crippen LogP contribution is -2.41. The normalized spacial score (nSPS) is 24.2. The molecular weight excluding hydrogens is 268 g/mol. The maximum absolute atomic E-state index is 5.75. The largest absolute Gasteiger partial charge is 0.376 e. The first-order valence-electron chi connectivity index (χ1n) is 7.90. The summed E-state index contributed by atoms with van der Waals surface area (Å²) in [6, 6.07) is 3.21. The van der Waals surface area contributed by atoms with Crippen LogP contribution < -0.4 is 5.32 Å². The molecule has 2 fully saturated rings. The molecule has 0 spiro atoms.